The van der Waals surface area contributed by atoms with Gasteiger partial charge in [0, 0.05) is 24.3 Å². The molecule has 0 radical (unpaired) electrons. The molecule has 0 bridgehead atoms. The zero-order valence-corrected chi connectivity index (χ0v) is 8.63. The van der Waals surface area contributed by atoms with E-state index in [1.807, 2.05) is 0 Å². The number of nitrogens with one attached hydrogen (secondary N) is 1. The number of H-pyrrole nitrogens is 1. The van der Waals surface area contributed by atoms with E-state index in [9.17, 15) is 9.90 Å². The molecule has 6 nitrogen and oxygen atoms in total. The Labute approximate surface area is 90.9 Å². The Morgan fingerprint density at radius 2 is 2.17 bits per heavy atom. The smallest absolute Gasteiger partial charge is 0.550 e. The average molecular weight is 184 g/mol. The van der Waals surface area contributed by atoms with Gasteiger partial charge in [0.1, 0.15) is 0 Å². The van der Waals surface area contributed by atoms with Crippen molar-refractivity contribution in [2.45, 2.75) is 6.42 Å². The van der Waals surface area contributed by atoms with Crippen molar-refractivity contribution < 1.29 is 50.4 Å². The van der Waals surface area contributed by atoms with Crippen LogP contribution in [0.5, 0.6) is 0 Å². The minimum absolute atomic E-state index is 0. The van der Waals surface area contributed by atoms with Crippen molar-refractivity contribution in [3.8, 4) is 0 Å². The Balaban J connectivity index is -0.000000270. The van der Waals surface area contributed by atoms with Crippen LogP contribution >= 0.6 is 0 Å². The topological polar surface area (TPSA) is 132 Å². The van der Waals surface area contributed by atoms with Gasteiger partial charge in [0.2, 0.25) is 0 Å². The number of rotatable bonds is 2. The number of aromatic nitrogens is 2. The number of nitrogens with zero attached hydrogens (tertiary/aromatic N) is 1. The molecule has 7 heteroatoms. The molecule has 0 aliphatic rings. The normalized spacial score (nSPS) is 7.00. The van der Waals surface area contributed by atoms with Crippen molar-refractivity contribution in [2.24, 2.45) is 0 Å². The van der Waals surface area contributed by atoms with Gasteiger partial charge in [-0.15, -0.1) is 0 Å². The predicted octanol–water partition coefficient (Wildman–Crippen LogP) is -5.94. The fourth-order valence-corrected chi connectivity index (χ4v) is 0.537. The van der Waals surface area contributed by atoms with E-state index in [2.05, 4.69) is 9.97 Å². The number of carbonyl (C=O) groups excluding carboxylic acids is 1. The fraction of sp³-hybridized carbons (Fsp3) is 0.200. The first-order chi connectivity index (χ1) is 4.29. The summed E-state index contributed by atoms with van der Waals surface area (Å²) in [5.41, 5.74) is 0.565. The van der Waals surface area contributed by atoms with Crippen LogP contribution < -0.4 is 34.7 Å². The van der Waals surface area contributed by atoms with Gasteiger partial charge in [0.05, 0.1) is 6.33 Å². The maximum Gasteiger partial charge on any atom is 1.00 e. The van der Waals surface area contributed by atoms with Gasteiger partial charge < -0.3 is 25.8 Å². The molecular formula is C5H9N2NaO4. The summed E-state index contributed by atoms with van der Waals surface area (Å²) in [5.74, 6) is -1.10. The number of carboxylic acid groups (broad SMARTS) is 1. The van der Waals surface area contributed by atoms with Gasteiger partial charge in [-0.2, -0.15) is 0 Å². The number of carboxylic acids is 1. The maximum atomic E-state index is 9.91. The van der Waals surface area contributed by atoms with Crippen LogP contribution in [0.15, 0.2) is 12.5 Å². The van der Waals surface area contributed by atoms with E-state index in [1.165, 1.54) is 12.5 Å². The van der Waals surface area contributed by atoms with Crippen molar-refractivity contribution in [2.75, 3.05) is 0 Å². The Morgan fingerprint density at radius 3 is 2.50 bits per heavy atom. The van der Waals surface area contributed by atoms with Crippen molar-refractivity contribution >= 4 is 5.97 Å². The quantitative estimate of drug-likeness (QED) is 0.459. The molecule has 0 atom stereocenters. The van der Waals surface area contributed by atoms with E-state index in [0.29, 0.717) is 5.69 Å². The maximum absolute atomic E-state index is 9.91. The average Bonchev–Trinajstić information content (AvgIpc) is 2.15. The zero-order chi connectivity index (χ0) is 6.69. The number of imidazole rings is 1. The molecule has 12 heavy (non-hydrogen) atoms. The summed E-state index contributed by atoms with van der Waals surface area (Å²) >= 11 is 0. The van der Waals surface area contributed by atoms with Crippen molar-refractivity contribution in [3.63, 3.8) is 0 Å². The molecule has 64 valence electrons. The Morgan fingerprint density at radius 1 is 1.58 bits per heavy atom. The molecule has 0 amide bonds. The third-order valence-corrected chi connectivity index (χ3v) is 0.890. The Hall–Kier alpha value is -0.400. The molecule has 1 rings (SSSR count). The van der Waals surface area contributed by atoms with E-state index in [0.717, 1.165) is 0 Å². The second kappa shape index (κ2) is 8.69. The van der Waals surface area contributed by atoms with Gasteiger partial charge >= 0.3 is 29.6 Å². The number of hydrogen-bond acceptors (Lipinski definition) is 3. The van der Waals surface area contributed by atoms with Crippen LogP contribution in [0.1, 0.15) is 5.69 Å². The Bertz CT molecular complexity index is 201. The van der Waals surface area contributed by atoms with Crippen molar-refractivity contribution in [1.29, 1.82) is 0 Å². The summed E-state index contributed by atoms with van der Waals surface area (Å²) in [5, 5.41) is 9.91. The summed E-state index contributed by atoms with van der Waals surface area (Å²) < 4.78 is 0. The monoisotopic (exact) mass is 184 g/mol. The molecule has 1 aromatic rings. The molecule has 1 aromatic heterocycles. The van der Waals surface area contributed by atoms with Gasteiger partial charge in [-0.25, -0.2) is 4.98 Å². The number of carbonyl (C=O) groups is 1. The molecule has 0 aliphatic carbocycles. The zero-order valence-electron chi connectivity index (χ0n) is 6.63. The Kier molecular flexibility index (Phi) is 12.8. The van der Waals surface area contributed by atoms with Crippen LogP contribution in [0, 0.1) is 0 Å². The van der Waals surface area contributed by atoms with Crippen LogP contribution in [0.2, 0.25) is 0 Å². The van der Waals surface area contributed by atoms with Crippen LogP contribution in [0.3, 0.4) is 0 Å². The molecule has 5 N–H and O–H groups in total. The molecule has 0 saturated heterocycles. The predicted molar refractivity (Wildman–Crippen MR) is 34.5 cm³/mol. The third kappa shape index (κ3) is 6.32. The second-order valence-corrected chi connectivity index (χ2v) is 1.63. The van der Waals surface area contributed by atoms with Gasteiger partial charge in [-0.05, 0) is 0 Å². The molecule has 0 aliphatic heterocycles. The largest absolute Gasteiger partial charge is 1.00 e. The first-order valence-corrected chi connectivity index (χ1v) is 2.46. The summed E-state index contributed by atoms with van der Waals surface area (Å²) in [6.45, 7) is 0. The van der Waals surface area contributed by atoms with Gasteiger partial charge in [-0.3, -0.25) is 0 Å². The second-order valence-electron chi connectivity index (χ2n) is 1.63. The molecule has 0 aromatic carbocycles. The molecule has 1 heterocycles. The number of aromatic amines is 1. The summed E-state index contributed by atoms with van der Waals surface area (Å²) in [6.07, 6.45) is 2.79. The minimum Gasteiger partial charge on any atom is -0.550 e. The van der Waals surface area contributed by atoms with E-state index < -0.39 is 5.97 Å². The van der Waals surface area contributed by atoms with Gasteiger partial charge in [0.25, 0.3) is 0 Å². The van der Waals surface area contributed by atoms with Crippen molar-refractivity contribution in [3.05, 3.63) is 18.2 Å². The minimum atomic E-state index is -1.10. The molecule has 0 fully saturated rings. The van der Waals surface area contributed by atoms with E-state index in [4.69, 9.17) is 0 Å². The first kappa shape index (κ1) is 17.6. The molecule has 0 unspecified atom stereocenters. The van der Waals surface area contributed by atoms with Gasteiger partial charge in [0.15, 0.2) is 0 Å². The molecule has 0 saturated carbocycles. The standard InChI is InChI=1S/C5H6N2O2.Na.2H2O/c8-5(9)1-4-2-6-3-7-4;;;/h2-3H,1H2,(H,6,7)(H,8,9);;2*1H2/q;+1;;/p-1. The van der Waals surface area contributed by atoms with Crippen LogP contribution in [-0.4, -0.2) is 26.9 Å². The van der Waals surface area contributed by atoms with Crippen LogP contribution in [0.25, 0.3) is 0 Å². The van der Waals surface area contributed by atoms with E-state index >= 15 is 0 Å². The molecular weight excluding hydrogens is 175 g/mol. The third-order valence-electron chi connectivity index (χ3n) is 0.890. The first-order valence-electron chi connectivity index (χ1n) is 2.46. The van der Waals surface area contributed by atoms with Crippen molar-refractivity contribution in [1.82, 2.24) is 9.97 Å². The molecule has 0 spiro atoms. The van der Waals surface area contributed by atoms with E-state index in [-0.39, 0.29) is 46.9 Å². The summed E-state index contributed by atoms with van der Waals surface area (Å²) in [7, 11) is 0. The summed E-state index contributed by atoms with van der Waals surface area (Å²) in [4.78, 5) is 16.2. The van der Waals surface area contributed by atoms with Crippen LogP contribution in [-0.2, 0) is 11.2 Å². The number of hydrogen-bond donors (Lipinski definition) is 1. The van der Waals surface area contributed by atoms with Gasteiger partial charge in [-0.1, -0.05) is 0 Å². The fourth-order valence-electron chi connectivity index (χ4n) is 0.537. The summed E-state index contributed by atoms with van der Waals surface area (Å²) in [6, 6.07) is 0. The SMILES string of the molecule is O.O.O=C([O-])Cc1cnc[nH]1.[Na+]. The van der Waals surface area contributed by atoms with Crippen LogP contribution in [0.4, 0.5) is 0 Å². The van der Waals surface area contributed by atoms with E-state index in [1.54, 1.807) is 0 Å². The number of aliphatic carboxylic acids is 1.